The van der Waals surface area contributed by atoms with Crippen molar-refractivity contribution in [2.45, 2.75) is 6.54 Å². The quantitative estimate of drug-likeness (QED) is 0.472. The van der Waals surface area contributed by atoms with Gasteiger partial charge in [0.1, 0.15) is 5.82 Å². The van der Waals surface area contributed by atoms with E-state index in [4.69, 9.17) is 23.2 Å². The molecular formula is C23H22Cl2N6O. The first kappa shape index (κ1) is 21.2. The van der Waals surface area contributed by atoms with E-state index in [1.165, 1.54) is 5.56 Å². The van der Waals surface area contributed by atoms with E-state index in [2.05, 4.69) is 49.1 Å². The molecule has 1 aliphatic heterocycles. The van der Waals surface area contributed by atoms with Crippen molar-refractivity contribution in [2.24, 2.45) is 0 Å². The summed E-state index contributed by atoms with van der Waals surface area (Å²) < 4.78 is 0. The molecular weight excluding hydrogens is 447 g/mol. The van der Waals surface area contributed by atoms with Crippen molar-refractivity contribution in [1.82, 2.24) is 30.0 Å². The predicted octanol–water partition coefficient (Wildman–Crippen LogP) is 4.03. The van der Waals surface area contributed by atoms with Crippen LogP contribution in [0.4, 0.5) is 0 Å². The van der Waals surface area contributed by atoms with Crippen LogP contribution < -0.4 is 5.56 Å². The smallest absolute Gasteiger partial charge is 0.275 e. The second kappa shape index (κ2) is 8.67. The van der Waals surface area contributed by atoms with Gasteiger partial charge in [0.15, 0.2) is 0 Å². The Hall–Kier alpha value is -2.71. The van der Waals surface area contributed by atoms with Crippen molar-refractivity contribution in [1.29, 1.82) is 0 Å². The Bertz CT molecular complexity index is 1320. The lowest BCUT2D eigenvalue weighted by molar-refractivity contribution is 0.148. The van der Waals surface area contributed by atoms with Gasteiger partial charge in [-0.05, 0) is 49.0 Å². The zero-order valence-electron chi connectivity index (χ0n) is 17.5. The van der Waals surface area contributed by atoms with Crippen molar-refractivity contribution in [3.63, 3.8) is 0 Å². The molecule has 1 fully saturated rings. The number of hydrogen-bond acceptors (Lipinski definition) is 5. The van der Waals surface area contributed by atoms with Gasteiger partial charge in [0.05, 0.1) is 22.3 Å². The Morgan fingerprint density at radius 1 is 1.00 bits per heavy atom. The molecule has 0 spiro atoms. The SMILES string of the molecule is CN1CCN(Cc2ccc3nc(-c4cc(-c5cc(Cl)cc(Cl)c5)n[nH]c4=O)[nH]c3c2)CC1. The number of H-pyrrole nitrogens is 2. The second-order valence-electron chi connectivity index (χ2n) is 8.17. The minimum atomic E-state index is -0.321. The lowest BCUT2D eigenvalue weighted by atomic mass is 10.1. The fourth-order valence-electron chi connectivity index (χ4n) is 3.98. The molecule has 0 amide bonds. The van der Waals surface area contributed by atoms with Gasteiger partial charge in [-0.1, -0.05) is 29.3 Å². The van der Waals surface area contributed by atoms with Gasteiger partial charge in [-0.25, -0.2) is 10.1 Å². The lowest BCUT2D eigenvalue weighted by Gasteiger charge is -2.32. The van der Waals surface area contributed by atoms with Crippen LogP contribution in [0.15, 0.2) is 47.3 Å². The van der Waals surface area contributed by atoms with Gasteiger partial charge in [-0.2, -0.15) is 5.10 Å². The average Bonchev–Trinajstić information content (AvgIpc) is 3.18. The first-order valence-electron chi connectivity index (χ1n) is 10.4. The van der Waals surface area contributed by atoms with Gasteiger partial charge < -0.3 is 9.88 Å². The summed E-state index contributed by atoms with van der Waals surface area (Å²) in [5.74, 6) is 0.495. The van der Waals surface area contributed by atoms with E-state index in [-0.39, 0.29) is 5.56 Å². The summed E-state index contributed by atoms with van der Waals surface area (Å²) in [7, 11) is 2.16. The van der Waals surface area contributed by atoms with Gasteiger partial charge in [0, 0.05) is 48.3 Å². The van der Waals surface area contributed by atoms with Crippen molar-refractivity contribution in [2.75, 3.05) is 33.2 Å². The number of imidazole rings is 1. The average molecular weight is 469 g/mol. The Balaban J connectivity index is 1.46. The Kier molecular flexibility index (Phi) is 5.73. The Labute approximate surface area is 195 Å². The van der Waals surface area contributed by atoms with Crippen LogP contribution in [0.3, 0.4) is 0 Å². The van der Waals surface area contributed by atoms with E-state index in [1.807, 2.05) is 6.07 Å². The first-order valence-corrected chi connectivity index (χ1v) is 11.2. The van der Waals surface area contributed by atoms with Crippen LogP contribution in [0.25, 0.3) is 33.7 Å². The number of aromatic amines is 2. The summed E-state index contributed by atoms with van der Waals surface area (Å²) in [5, 5.41) is 7.70. The van der Waals surface area contributed by atoms with Gasteiger partial charge in [-0.15, -0.1) is 0 Å². The number of fused-ring (bicyclic) bond motifs is 1. The zero-order chi connectivity index (χ0) is 22.2. The van der Waals surface area contributed by atoms with Crippen molar-refractivity contribution >= 4 is 34.2 Å². The minimum Gasteiger partial charge on any atom is -0.338 e. The molecule has 5 rings (SSSR count). The summed E-state index contributed by atoms with van der Waals surface area (Å²) in [6, 6.07) is 13.1. The van der Waals surface area contributed by atoms with Crippen LogP contribution in [-0.2, 0) is 6.54 Å². The molecule has 7 nitrogen and oxygen atoms in total. The molecule has 1 aliphatic rings. The number of aromatic nitrogens is 4. The zero-order valence-corrected chi connectivity index (χ0v) is 19.0. The molecule has 164 valence electrons. The standard InChI is InChI=1S/C23H22Cl2N6O/c1-30-4-6-31(7-5-30)13-14-2-3-19-21(8-14)27-22(26-19)18-12-20(28-29-23(18)32)15-9-16(24)11-17(25)10-15/h2-3,8-12H,4-7,13H2,1H3,(H,26,27)(H,29,32). The van der Waals surface area contributed by atoms with Crippen LogP contribution in [0.5, 0.6) is 0 Å². The Morgan fingerprint density at radius 3 is 2.50 bits per heavy atom. The van der Waals surface area contributed by atoms with E-state index in [9.17, 15) is 4.79 Å². The third-order valence-corrected chi connectivity index (χ3v) is 6.20. The molecule has 0 unspecified atom stereocenters. The molecule has 2 N–H and O–H groups in total. The van der Waals surface area contributed by atoms with E-state index >= 15 is 0 Å². The minimum absolute atomic E-state index is 0.321. The Morgan fingerprint density at radius 2 is 1.75 bits per heavy atom. The van der Waals surface area contributed by atoms with Crippen molar-refractivity contribution in [3.8, 4) is 22.6 Å². The largest absolute Gasteiger partial charge is 0.338 e. The maximum absolute atomic E-state index is 12.5. The highest BCUT2D eigenvalue weighted by Gasteiger charge is 2.16. The number of likely N-dealkylation sites (N-methyl/N-ethyl adjacent to an activating group) is 1. The second-order valence-corrected chi connectivity index (χ2v) is 9.04. The molecule has 2 aromatic heterocycles. The van der Waals surface area contributed by atoms with Crippen molar-refractivity contribution < 1.29 is 0 Å². The number of hydrogen-bond donors (Lipinski definition) is 2. The summed E-state index contributed by atoms with van der Waals surface area (Å²) in [6.07, 6.45) is 0. The number of piperazine rings is 1. The molecule has 3 heterocycles. The molecule has 0 aliphatic carbocycles. The molecule has 2 aromatic carbocycles. The maximum atomic E-state index is 12.5. The number of nitrogens with zero attached hydrogens (tertiary/aromatic N) is 4. The first-order chi connectivity index (χ1) is 15.4. The fraction of sp³-hybridized carbons (Fsp3) is 0.261. The monoisotopic (exact) mass is 468 g/mol. The molecule has 0 saturated carbocycles. The van der Waals surface area contributed by atoms with Crippen LogP contribution >= 0.6 is 23.2 Å². The molecule has 4 aromatic rings. The van der Waals surface area contributed by atoms with Gasteiger partial charge in [0.25, 0.3) is 5.56 Å². The van der Waals surface area contributed by atoms with Crippen LogP contribution in [0, 0.1) is 0 Å². The van der Waals surface area contributed by atoms with Crippen LogP contribution in [-0.4, -0.2) is 63.2 Å². The highest BCUT2D eigenvalue weighted by Crippen LogP contribution is 2.27. The number of nitrogens with one attached hydrogen (secondary N) is 2. The third kappa shape index (κ3) is 4.42. The number of rotatable bonds is 4. The van der Waals surface area contributed by atoms with Gasteiger partial charge in [-0.3, -0.25) is 9.69 Å². The molecule has 0 radical (unpaired) electrons. The summed E-state index contributed by atoms with van der Waals surface area (Å²) >= 11 is 12.2. The van der Waals surface area contributed by atoms with E-state index in [0.29, 0.717) is 32.7 Å². The lowest BCUT2D eigenvalue weighted by Crippen LogP contribution is -2.43. The molecule has 1 saturated heterocycles. The van der Waals surface area contributed by atoms with Gasteiger partial charge in [0.2, 0.25) is 0 Å². The van der Waals surface area contributed by atoms with E-state index in [0.717, 1.165) is 43.8 Å². The molecule has 32 heavy (non-hydrogen) atoms. The normalized spacial score (nSPS) is 15.5. The number of benzene rings is 2. The maximum Gasteiger partial charge on any atom is 0.275 e. The van der Waals surface area contributed by atoms with E-state index < -0.39 is 0 Å². The predicted molar refractivity (Wildman–Crippen MR) is 128 cm³/mol. The highest BCUT2D eigenvalue weighted by atomic mass is 35.5. The summed E-state index contributed by atoms with van der Waals surface area (Å²) in [6.45, 7) is 5.19. The third-order valence-electron chi connectivity index (χ3n) is 5.77. The van der Waals surface area contributed by atoms with E-state index in [1.54, 1.807) is 24.3 Å². The fourth-order valence-corrected chi connectivity index (χ4v) is 4.50. The van der Waals surface area contributed by atoms with Crippen LogP contribution in [0.2, 0.25) is 10.0 Å². The molecule has 9 heteroatoms. The van der Waals surface area contributed by atoms with Crippen molar-refractivity contribution in [3.05, 3.63) is 68.4 Å². The summed E-state index contributed by atoms with van der Waals surface area (Å²) in [4.78, 5) is 25.3. The summed E-state index contributed by atoms with van der Waals surface area (Å²) in [5.41, 5.74) is 4.28. The molecule has 0 bridgehead atoms. The number of halogens is 2. The highest BCUT2D eigenvalue weighted by molar-refractivity contribution is 6.35. The topological polar surface area (TPSA) is 80.9 Å². The molecule has 0 atom stereocenters. The van der Waals surface area contributed by atoms with Gasteiger partial charge >= 0.3 is 0 Å². The van der Waals surface area contributed by atoms with Crippen LogP contribution in [0.1, 0.15) is 5.56 Å².